The average molecular weight is 342 g/mol. The van der Waals surface area contributed by atoms with Crippen LogP contribution in [0.5, 0.6) is 5.75 Å². The zero-order chi connectivity index (χ0) is 18.5. The standard InChI is InChI=1S/C23H18O3/c1-16(2)23(25)26-21-14-12-20(13-15-21)22(24)19-10-8-18(9-11-19)17-6-4-3-5-7-17/h3-15H,1H2,2H3. The Balaban J connectivity index is 1.75. The van der Waals surface area contributed by atoms with E-state index in [1.807, 2.05) is 54.6 Å². The van der Waals surface area contributed by atoms with Crippen molar-refractivity contribution in [3.05, 3.63) is 102 Å². The number of carbonyl (C=O) groups is 2. The van der Waals surface area contributed by atoms with Crippen LogP contribution >= 0.6 is 0 Å². The maximum absolute atomic E-state index is 12.6. The van der Waals surface area contributed by atoms with Gasteiger partial charge in [0.2, 0.25) is 0 Å². The lowest BCUT2D eigenvalue weighted by Gasteiger charge is -2.06. The number of ketones is 1. The molecule has 3 heteroatoms. The van der Waals surface area contributed by atoms with E-state index in [1.165, 1.54) is 0 Å². The lowest BCUT2D eigenvalue weighted by atomic mass is 9.99. The molecule has 0 spiro atoms. The predicted octanol–water partition coefficient (Wildman–Crippen LogP) is 5.07. The Hall–Kier alpha value is -3.46. The van der Waals surface area contributed by atoms with E-state index in [0.29, 0.717) is 22.4 Å². The number of ether oxygens (including phenoxy) is 1. The first kappa shape index (κ1) is 17.4. The Morgan fingerprint density at radius 1 is 0.731 bits per heavy atom. The molecule has 3 nitrogen and oxygen atoms in total. The van der Waals surface area contributed by atoms with Crippen molar-refractivity contribution in [1.29, 1.82) is 0 Å². The Bertz CT molecular complexity index is 937. The minimum absolute atomic E-state index is 0.0811. The van der Waals surface area contributed by atoms with Gasteiger partial charge in [-0.25, -0.2) is 4.79 Å². The second-order valence-electron chi connectivity index (χ2n) is 5.97. The van der Waals surface area contributed by atoms with Crippen LogP contribution in [0.3, 0.4) is 0 Å². The van der Waals surface area contributed by atoms with Crippen LogP contribution in [0.1, 0.15) is 22.8 Å². The van der Waals surface area contributed by atoms with Crippen molar-refractivity contribution in [2.24, 2.45) is 0 Å². The third kappa shape index (κ3) is 3.95. The first-order valence-corrected chi connectivity index (χ1v) is 8.22. The molecular formula is C23H18O3. The molecule has 0 amide bonds. The lowest BCUT2D eigenvalue weighted by molar-refractivity contribution is -0.130. The predicted molar refractivity (Wildman–Crippen MR) is 102 cm³/mol. The molecule has 0 fully saturated rings. The maximum atomic E-state index is 12.6. The summed E-state index contributed by atoms with van der Waals surface area (Å²) >= 11 is 0. The normalized spacial score (nSPS) is 10.2. The summed E-state index contributed by atoms with van der Waals surface area (Å²) < 4.78 is 5.13. The highest BCUT2D eigenvalue weighted by molar-refractivity contribution is 6.09. The molecule has 3 aromatic rings. The van der Waals surface area contributed by atoms with E-state index < -0.39 is 5.97 Å². The highest BCUT2D eigenvalue weighted by Crippen LogP contribution is 2.21. The number of carbonyl (C=O) groups excluding carboxylic acids is 2. The lowest BCUT2D eigenvalue weighted by Crippen LogP contribution is -2.08. The smallest absolute Gasteiger partial charge is 0.338 e. The van der Waals surface area contributed by atoms with Gasteiger partial charge in [-0.1, -0.05) is 61.2 Å². The molecule has 3 aromatic carbocycles. The van der Waals surface area contributed by atoms with Gasteiger partial charge in [-0.3, -0.25) is 4.79 Å². The van der Waals surface area contributed by atoms with Crippen LogP contribution in [0.2, 0.25) is 0 Å². The maximum Gasteiger partial charge on any atom is 0.338 e. The number of hydrogen-bond donors (Lipinski definition) is 0. The van der Waals surface area contributed by atoms with Crippen molar-refractivity contribution >= 4 is 11.8 Å². The summed E-state index contributed by atoms with van der Waals surface area (Å²) in [6.07, 6.45) is 0. The van der Waals surface area contributed by atoms with Gasteiger partial charge in [0.05, 0.1) is 0 Å². The second kappa shape index (κ2) is 7.62. The van der Waals surface area contributed by atoms with Crippen LogP contribution < -0.4 is 4.74 Å². The van der Waals surface area contributed by atoms with E-state index in [0.717, 1.165) is 11.1 Å². The molecule has 0 heterocycles. The Morgan fingerprint density at radius 3 is 1.77 bits per heavy atom. The van der Waals surface area contributed by atoms with Crippen molar-refractivity contribution in [3.63, 3.8) is 0 Å². The van der Waals surface area contributed by atoms with Gasteiger partial charge in [-0.2, -0.15) is 0 Å². The Morgan fingerprint density at radius 2 is 1.23 bits per heavy atom. The van der Waals surface area contributed by atoms with Gasteiger partial charge in [0.1, 0.15) is 5.75 Å². The van der Waals surface area contributed by atoms with Gasteiger partial charge in [0.15, 0.2) is 5.78 Å². The van der Waals surface area contributed by atoms with Crippen molar-refractivity contribution in [3.8, 4) is 16.9 Å². The number of rotatable bonds is 5. The Labute approximate surface area is 152 Å². The van der Waals surface area contributed by atoms with E-state index in [2.05, 4.69) is 6.58 Å². The van der Waals surface area contributed by atoms with Gasteiger partial charge in [-0.05, 0) is 42.3 Å². The molecule has 0 aliphatic carbocycles. The summed E-state index contributed by atoms with van der Waals surface area (Å²) in [5.74, 6) is -0.183. The fourth-order valence-electron chi connectivity index (χ4n) is 2.48. The highest BCUT2D eigenvalue weighted by Gasteiger charge is 2.11. The third-order valence-corrected chi connectivity index (χ3v) is 3.93. The average Bonchev–Trinajstić information content (AvgIpc) is 2.69. The topological polar surface area (TPSA) is 43.4 Å². The quantitative estimate of drug-likeness (QED) is 0.281. The van der Waals surface area contributed by atoms with Gasteiger partial charge >= 0.3 is 5.97 Å². The summed E-state index contributed by atoms with van der Waals surface area (Å²) in [4.78, 5) is 24.1. The molecule has 0 atom stereocenters. The molecule has 0 aromatic heterocycles. The minimum atomic E-state index is -0.486. The molecule has 3 rings (SSSR count). The number of benzene rings is 3. The van der Waals surface area contributed by atoms with Gasteiger partial charge < -0.3 is 4.74 Å². The van der Waals surface area contributed by atoms with Gasteiger partial charge in [0.25, 0.3) is 0 Å². The van der Waals surface area contributed by atoms with Crippen LogP contribution in [0.25, 0.3) is 11.1 Å². The van der Waals surface area contributed by atoms with Crippen LogP contribution in [-0.4, -0.2) is 11.8 Å². The summed E-state index contributed by atoms with van der Waals surface area (Å²) in [6.45, 7) is 5.12. The van der Waals surface area contributed by atoms with Crippen LogP contribution in [-0.2, 0) is 4.79 Å². The largest absolute Gasteiger partial charge is 0.423 e. The van der Waals surface area contributed by atoms with E-state index in [4.69, 9.17) is 4.74 Å². The summed E-state index contributed by atoms with van der Waals surface area (Å²) in [6, 6.07) is 24.0. The molecule has 0 bridgehead atoms. The SMILES string of the molecule is C=C(C)C(=O)Oc1ccc(C(=O)c2ccc(-c3ccccc3)cc2)cc1. The van der Waals surface area contributed by atoms with Gasteiger partial charge in [-0.15, -0.1) is 0 Å². The Kier molecular flexibility index (Phi) is 5.09. The van der Waals surface area contributed by atoms with Gasteiger partial charge in [0, 0.05) is 16.7 Å². The monoisotopic (exact) mass is 342 g/mol. The molecule has 0 N–H and O–H groups in total. The van der Waals surface area contributed by atoms with Crippen LogP contribution in [0.15, 0.2) is 91.0 Å². The highest BCUT2D eigenvalue weighted by atomic mass is 16.5. The summed E-state index contributed by atoms with van der Waals surface area (Å²) in [5, 5.41) is 0. The molecule has 0 saturated heterocycles. The van der Waals surface area contributed by atoms with Crippen molar-refractivity contribution in [2.45, 2.75) is 6.92 Å². The van der Waals surface area contributed by atoms with Crippen LogP contribution in [0, 0.1) is 0 Å². The zero-order valence-electron chi connectivity index (χ0n) is 14.4. The fourth-order valence-corrected chi connectivity index (χ4v) is 2.48. The van der Waals surface area contributed by atoms with E-state index in [1.54, 1.807) is 31.2 Å². The molecule has 0 radical (unpaired) electrons. The fraction of sp³-hybridized carbons (Fsp3) is 0.0435. The van der Waals surface area contributed by atoms with Crippen LogP contribution in [0.4, 0.5) is 0 Å². The van der Waals surface area contributed by atoms with E-state index in [-0.39, 0.29) is 5.78 Å². The first-order chi connectivity index (χ1) is 12.5. The molecule has 128 valence electrons. The molecule has 0 saturated carbocycles. The minimum Gasteiger partial charge on any atom is -0.423 e. The van der Waals surface area contributed by atoms with Crippen molar-refractivity contribution in [2.75, 3.05) is 0 Å². The van der Waals surface area contributed by atoms with E-state index in [9.17, 15) is 9.59 Å². The summed E-state index contributed by atoms with van der Waals surface area (Å²) in [7, 11) is 0. The van der Waals surface area contributed by atoms with Crippen molar-refractivity contribution < 1.29 is 14.3 Å². The number of esters is 1. The number of hydrogen-bond acceptors (Lipinski definition) is 3. The third-order valence-electron chi connectivity index (χ3n) is 3.93. The second-order valence-corrected chi connectivity index (χ2v) is 5.97. The summed E-state index contributed by atoms with van der Waals surface area (Å²) in [5.41, 5.74) is 3.63. The molecular weight excluding hydrogens is 324 g/mol. The molecule has 0 aliphatic heterocycles. The molecule has 0 aliphatic rings. The zero-order valence-corrected chi connectivity index (χ0v) is 14.4. The molecule has 0 unspecified atom stereocenters. The first-order valence-electron chi connectivity index (χ1n) is 8.22. The molecule has 26 heavy (non-hydrogen) atoms. The van der Waals surface area contributed by atoms with E-state index >= 15 is 0 Å². The van der Waals surface area contributed by atoms with Crippen molar-refractivity contribution in [1.82, 2.24) is 0 Å².